The number of ether oxygens (including phenoxy) is 3. The van der Waals surface area contributed by atoms with E-state index in [9.17, 15) is 9.59 Å². The summed E-state index contributed by atoms with van der Waals surface area (Å²) < 4.78 is 20.8. The molecule has 0 bridgehead atoms. The number of aromatic nitrogens is 1. The number of benzene rings is 1. The first-order chi connectivity index (χ1) is 14.6. The van der Waals surface area contributed by atoms with Crippen LogP contribution in [0.5, 0.6) is 5.75 Å². The number of nitrogens with zero attached hydrogens (tertiary/aromatic N) is 2. The number of rotatable bonds is 13. The van der Waals surface area contributed by atoms with Gasteiger partial charge >= 0.3 is 0 Å². The van der Waals surface area contributed by atoms with Crippen LogP contribution in [0.1, 0.15) is 39.6 Å². The highest BCUT2D eigenvalue weighted by atomic mass is 16.5. The topological polar surface area (TPSA) is 103 Å². The summed E-state index contributed by atoms with van der Waals surface area (Å²) in [6, 6.07) is 7.02. The molecule has 0 saturated heterocycles. The smallest absolute Gasteiger partial charge is 0.273 e. The van der Waals surface area contributed by atoms with Gasteiger partial charge in [0.25, 0.3) is 11.8 Å². The summed E-state index contributed by atoms with van der Waals surface area (Å²) in [5.74, 6) is 0.218. The molecular formula is C21H29N3O6. The van der Waals surface area contributed by atoms with E-state index in [1.54, 1.807) is 43.4 Å². The van der Waals surface area contributed by atoms with Crippen LogP contribution >= 0.6 is 0 Å². The predicted molar refractivity (Wildman–Crippen MR) is 110 cm³/mol. The molecule has 0 atom stereocenters. The van der Waals surface area contributed by atoms with E-state index in [0.29, 0.717) is 50.5 Å². The summed E-state index contributed by atoms with van der Waals surface area (Å²) in [7, 11) is 4.74. The Hall–Kier alpha value is -2.91. The largest absolute Gasteiger partial charge is 0.496 e. The molecule has 1 aromatic heterocycles. The van der Waals surface area contributed by atoms with Crippen molar-refractivity contribution in [3.05, 3.63) is 47.7 Å². The Morgan fingerprint density at radius 3 is 2.57 bits per heavy atom. The molecule has 1 heterocycles. The molecule has 2 amide bonds. The van der Waals surface area contributed by atoms with Crippen LogP contribution < -0.4 is 10.1 Å². The van der Waals surface area contributed by atoms with Crippen molar-refractivity contribution in [2.75, 3.05) is 47.6 Å². The fourth-order valence-electron chi connectivity index (χ4n) is 2.80. The molecule has 2 aromatic rings. The molecule has 0 saturated carbocycles. The highest BCUT2D eigenvalue weighted by molar-refractivity contribution is 5.97. The number of para-hydroxylation sites is 1. The number of amides is 2. The van der Waals surface area contributed by atoms with Crippen LogP contribution in [0.15, 0.2) is 34.9 Å². The molecule has 0 radical (unpaired) electrons. The summed E-state index contributed by atoms with van der Waals surface area (Å²) in [5.41, 5.74) is 0.615. The molecule has 0 aliphatic rings. The van der Waals surface area contributed by atoms with E-state index in [1.807, 2.05) is 0 Å². The number of carbonyl (C=O) groups is 2. The summed E-state index contributed by atoms with van der Waals surface area (Å²) in [6.07, 6.45) is 2.64. The zero-order chi connectivity index (χ0) is 21.8. The summed E-state index contributed by atoms with van der Waals surface area (Å²) >= 11 is 0. The van der Waals surface area contributed by atoms with Crippen molar-refractivity contribution < 1.29 is 28.2 Å². The highest BCUT2D eigenvalue weighted by Gasteiger charge is 2.22. The molecule has 0 unspecified atom stereocenters. The molecule has 30 heavy (non-hydrogen) atoms. The molecule has 9 heteroatoms. The minimum Gasteiger partial charge on any atom is -0.496 e. The maximum atomic E-state index is 13.1. The monoisotopic (exact) mass is 419 g/mol. The fraction of sp³-hybridized carbons (Fsp3) is 0.476. The van der Waals surface area contributed by atoms with Crippen LogP contribution in [-0.2, 0) is 16.0 Å². The Labute approximate surface area is 176 Å². The first kappa shape index (κ1) is 23.4. The predicted octanol–water partition coefficient (Wildman–Crippen LogP) is 2.13. The first-order valence-corrected chi connectivity index (χ1v) is 9.73. The van der Waals surface area contributed by atoms with Crippen molar-refractivity contribution in [2.24, 2.45) is 0 Å². The van der Waals surface area contributed by atoms with Gasteiger partial charge in [-0.3, -0.25) is 9.59 Å². The summed E-state index contributed by atoms with van der Waals surface area (Å²) in [4.78, 5) is 31.1. The third kappa shape index (κ3) is 6.85. The molecule has 0 fully saturated rings. The maximum Gasteiger partial charge on any atom is 0.273 e. The quantitative estimate of drug-likeness (QED) is 0.496. The molecule has 0 aliphatic carbocycles. The van der Waals surface area contributed by atoms with Crippen molar-refractivity contribution in [3.8, 4) is 5.75 Å². The zero-order valence-corrected chi connectivity index (χ0v) is 17.7. The van der Waals surface area contributed by atoms with Gasteiger partial charge < -0.3 is 28.8 Å². The van der Waals surface area contributed by atoms with Crippen molar-refractivity contribution in [2.45, 2.75) is 19.4 Å². The minimum atomic E-state index is -0.330. The van der Waals surface area contributed by atoms with Crippen molar-refractivity contribution >= 4 is 11.8 Å². The van der Waals surface area contributed by atoms with Gasteiger partial charge in [0.2, 0.25) is 5.89 Å². The lowest BCUT2D eigenvalue weighted by Gasteiger charge is -2.22. The van der Waals surface area contributed by atoms with E-state index in [2.05, 4.69) is 10.3 Å². The maximum absolute atomic E-state index is 13.1. The average molecular weight is 419 g/mol. The fourth-order valence-corrected chi connectivity index (χ4v) is 2.80. The number of methoxy groups -OCH3 is 3. The molecule has 1 N–H and O–H groups in total. The van der Waals surface area contributed by atoms with Gasteiger partial charge in [0, 0.05) is 40.5 Å². The van der Waals surface area contributed by atoms with Crippen LogP contribution in [0, 0.1) is 0 Å². The SMILES string of the molecule is COCCCNC(=O)c1coc(CN(CCCOC)C(=O)c2ccccc2OC)n1. The van der Waals surface area contributed by atoms with Crippen molar-refractivity contribution in [1.82, 2.24) is 15.2 Å². The average Bonchev–Trinajstić information content (AvgIpc) is 3.24. The number of nitrogens with one attached hydrogen (secondary N) is 1. The lowest BCUT2D eigenvalue weighted by molar-refractivity contribution is 0.0704. The Balaban J connectivity index is 2.08. The van der Waals surface area contributed by atoms with Gasteiger partial charge in [-0.25, -0.2) is 4.98 Å². The van der Waals surface area contributed by atoms with E-state index in [0.717, 1.165) is 0 Å². The van der Waals surface area contributed by atoms with Gasteiger partial charge in [0.15, 0.2) is 5.69 Å². The molecule has 1 aromatic carbocycles. The van der Waals surface area contributed by atoms with Crippen LogP contribution in [0.4, 0.5) is 0 Å². The third-order valence-electron chi connectivity index (χ3n) is 4.32. The van der Waals surface area contributed by atoms with E-state index in [4.69, 9.17) is 18.6 Å². The summed E-state index contributed by atoms with van der Waals surface area (Å²) in [5, 5.41) is 2.75. The van der Waals surface area contributed by atoms with Crippen molar-refractivity contribution in [3.63, 3.8) is 0 Å². The van der Waals surface area contributed by atoms with Gasteiger partial charge in [0.05, 0.1) is 19.2 Å². The minimum absolute atomic E-state index is 0.123. The highest BCUT2D eigenvalue weighted by Crippen LogP contribution is 2.20. The zero-order valence-electron chi connectivity index (χ0n) is 17.7. The summed E-state index contributed by atoms with van der Waals surface area (Å²) in [6.45, 7) is 2.11. The van der Waals surface area contributed by atoms with E-state index in [1.165, 1.54) is 13.4 Å². The van der Waals surface area contributed by atoms with Crippen LogP contribution in [0.3, 0.4) is 0 Å². The Kier molecular flexibility index (Phi) is 9.82. The van der Waals surface area contributed by atoms with Gasteiger partial charge in [-0.2, -0.15) is 0 Å². The van der Waals surface area contributed by atoms with Crippen LogP contribution in [0.25, 0.3) is 0 Å². The van der Waals surface area contributed by atoms with Gasteiger partial charge in [-0.15, -0.1) is 0 Å². The Morgan fingerprint density at radius 1 is 1.10 bits per heavy atom. The van der Waals surface area contributed by atoms with Gasteiger partial charge in [-0.1, -0.05) is 12.1 Å². The Morgan fingerprint density at radius 2 is 1.83 bits per heavy atom. The standard InChI is InChI=1S/C21H29N3O6/c1-27-12-6-10-22-20(25)17-15-30-19(23-17)14-24(11-7-13-28-2)21(26)16-8-4-5-9-18(16)29-3/h4-5,8-9,15H,6-7,10-14H2,1-3H3,(H,22,25). The van der Waals surface area contributed by atoms with Gasteiger partial charge in [0.1, 0.15) is 12.0 Å². The lowest BCUT2D eigenvalue weighted by atomic mass is 10.1. The second-order valence-corrected chi connectivity index (χ2v) is 6.50. The second kappa shape index (κ2) is 12.6. The van der Waals surface area contributed by atoms with E-state index in [-0.39, 0.29) is 29.9 Å². The van der Waals surface area contributed by atoms with E-state index >= 15 is 0 Å². The van der Waals surface area contributed by atoms with Gasteiger partial charge in [-0.05, 0) is 25.0 Å². The van der Waals surface area contributed by atoms with Crippen LogP contribution in [-0.4, -0.2) is 69.3 Å². The van der Waals surface area contributed by atoms with Crippen molar-refractivity contribution in [1.29, 1.82) is 0 Å². The lowest BCUT2D eigenvalue weighted by Crippen LogP contribution is -2.32. The number of hydrogen-bond donors (Lipinski definition) is 1. The molecule has 0 spiro atoms. The molecule has 9 nitrogen and oxygen atoms in total. The van der Waals surface area contributed by atoms with Crippen LogP contribution in [0.2, 0.25) is 0 Å². The molecule has 2 rings (SSSR count). The molecule has 0 aliphatic heterocycles. The van der Waals surface area contributed by atoms with E-state index < -0.39 is 0 Å². The third-order valence-corrected chi connectivity index (χ3v) is 4.32. The number of carbonyl (C=O) groups excluding carboxylic acids is 2. The first-order valence-electron chi connectivity index (χ1n) is 9.73. The molecular weight excluding hydrogens is 390 g/mol. The normalized spacial score (nSPS) is 10.6. The molecule has 164 valence electrons. The Bertz CT molecular complexity index is 808. The number of oxazole rings is 1. The number of hydrogen-bond acceptors (Lipinski definition) is 7. The second-order valence-electron chi connectivity index (χ2n) is 6.50.